The number of hydrazone groups is 1. The fourth-order valence-corrected chi connectivity index (χ4v) is 7.12. The number of rotatable bonds is 7. The van der Waals surface area contributed by atoms with Gasteiger partial charge in [-0.1, -0.05) is 77.2 Å². The molecular weight excluding hydrogens is 555 g/mol. The van der Waals surface area contributed by atoms with Crippen molar-refractivity contribution in [2.45, 2.75) is 29.6 Å². The quantitative estimate of drug-likeness (QED) is 0.235. The van der Waals surface area contributed by atoms with E-state index in [4.69, 9.17) is 34.0 Å². The lowest BCUT2D eigenvalue weighted by molar-refractivity contribution is 0.490. The number of aromatic nitrogens is 2. The number of hydrogen-bond acceptors (Lipinski definition) is 7. The Balaban J connectivity index is 1.63. The van der Waals surface area contributed by atoms with Crippen LogP contribution < -0.4 is 10.7 Å². The maximum atomic E-state index is 14.3. The zero-order chi connectivity index (χ0) is 26.2. The molecule has 3 unspecified atom stereocenters. The van der Waals surface area contributed by atoms with E-state index in [1.165, 1.54) is 53.4 Å². The van der Waals surface area contributed by atoms with Gasteiger partial charge in [0, 0.05) is 18.0 Å². The fraction of sp³-hybridized carbons (Fsp3) is 0.192. The molecule has 2 heterocycles. The van der Waals surface area contributed by atoms with Crippen molar-refractivity contribution in [2.75, 3.05) is 5.01 Å². The highest BCUT2D eigenvalue weighted by molar-refractivity contribution is 8.15. The predicted molar refractivity (Wildman–Crippen MR) is 148 cm³/mol. The van der Waals surface area contributed by atoms with Crippen LogP contribution in [-0.4, -0.2) is 20.6 Å². The number of nitrogens with zero attached hydrogens (tertiary/aromatic N) is 4. The minimum atomic E-state index is -0.921. The molecular formula is C26H21Cl2F2N5S2. The Kier molecular flexibility index (Phi) is 7.51. The minimum absolute atomic E-state index is 0.291. The van der Waals surface area contributed by atoms with Gasteiger partial charge < -0.3 is 5.73 Å². The minimum Gasteiger partial charge on any atom is -0.323 e. The lowest BCUT2D eigenvalue weighted by Gasteiger charge is -2.38. The number of aryl methyl sites for hydroxylation is 1. The van der Waals surface area contributed by atoms with Crippen LogP contribution in [0.1, 0.15) is 34.2 Å². The van der Waals surface area contributed by atoms with E-state index in [0.29, 0.717) is 32.7 Å². The Labute approximate surface area is 231 Å². The van der Waals surface area contributed by atoms with Crippen molar-refractivity contribution in [1.82, 2.24) is 10.2 Å². The van der Waals surface area contributed by atoms with Gasteiger partial charge in [0.25, 0.3) is 0 Å². The smallest absolute Gasteiger partial charge is 0.230 e. The van der Waals surface area contributed by atoms with Crippen LogP contribution in [0.4, 0.5) is 13.9 Å². The zero-order valence-corrected chi connectivity index (χ0v) is 22.6. The van der Waals surface area contributed by atoms with Crippen molar-refractivity contribution >= 4 is 56.5 Å². The average Bonchev–Trinajstić information content (AvgIpc) is 3.49. The van der Waals surface area contributed by atoms with Crippen LogP contribution in [0.5, 0.6) is 0 Å². The highest BCUT2D eigenvalue weighted by atomic mass is 35.5. The molecule has 3 atom stereocenters. The average molecular weight is 577 g/mol. The van der Waals surface area contributed by atoms with Crippen LogP contribution in [0.3, 0.4) is 0 Å². The molecule has 3 aromatic carbocycles. The van der Waals surface area contributed by atoms with Crippen molar-refractivity contribution < 1.29 is 8.78 Å². The lowest BCUT2D eigenvalue weighted by atomic mass is 9.94. The summed E-state index contributed by atoms with van der Waals surface area (Å²) in [6, 6.07) is 19.3. The van der Waals surface area contributed by atoms with Gasteiger partial charge in [-0.2, -0.15) is 5.10 Å². The Bertz CT molecular complexity index is 1450. The van der Waals surface area contributed by atoms with Crippen LogP contribution in [0.25, 0.3) is 0 Å². The highest BCUT2D eigenvalue weighted by Gasteiger charge is 2.50. The SMILES string of the molecule is Cc1nnc(N2N=C(c3cc(F)ccc3Cl)SC2(CC(Cl)C(N)c2cccc(F)c2)c2ccccc2)s1. The first-order valence-electron chi connectivity index (χ1n) is 11.3. The summed E-state index contributed by atoms with van der Waals surface area (Å²) in [7, 11) is 0. The summed E-state index contributed by atoms with van der Waals surface area (Å²) >= 11 is 16.2. The Morgan fingerprint density at radius 1 is 1.00 bits per heavy atom. The Morgan fingerprint density at radius 3 is 2.46 bits per heavy atom. The molecule has 1 aliphatic rings. The van der Waals surface area contributed by atoms with Crippen molar-refractivity contribution in [3.8, 4) is 0 Å². The van der Waals surface area contributed by atoms with E-state index in [0.717, 1.165) is 10.6 Å². The first kappa shape index (κ1) is 26.1. The second kappa shape index (κ2) is 10.7. The Hall–Kier alpha value is -2.56. The van der Waals surface area contributed by atoms with Crippen molar-refractivity contribution in [2.24, 2.45) is 10.8 Å². The van der Waals surface area contributed by atoms with Crippen molar-refractivity contribution in [3.63, 3.8) is 0 Å². The fourth-order valence-electron chi connectivity index (χ4n) is 4.17. The summed E-state index contributed by atoms with van der Waals surface area (Å²) in [5.74, 6) is -0.816. The van der Waals surface area contributed by atoms with Gasteiger partial charge in [-0.15, -0.1) is 21.8 Å². The number of nitrogens with two attached hydrogens (primary N) is 1. The standard InChI is InChI=1S/C26H21Cl2F2N5S2/c1-15-32-33-25(36-15)35-26(17-7-3-2-4-8-17,14-22(28)23(31)16-6-5-9-18(29)12-16)37-24(34-35)20-13-19(30)10-11-21(20)27/h2-13,22-23H,14,31H2,1H3. The second-order valence-corrected chi connectivity index (χ2v) is 11.9. The second-order valence-electron chi connectivity index (χ2n) is 8.50. The molecule has 0 saturated carbocycles. The van der Waals surface area contributed by atoms with Gasteiger partial charge in [-0.25, -0.2) is 13.8 Å². The van der Waals surface area contributed by atoms with Gasteiger partial charge in [-0.05, 0) is 48.4 Å². The summed E-state index contributed by atoms with van der Waals surface area (Å²) in [6.45, 7) is 1.85. The third-order valence-electron chi connectivity index (χ3n) is 5.97. The van der Waals surface area contributed by atoms with Crippen LogP contribution in [0.2, 0.25) is 5.02 Å². The van der Waals surface area contributed by atoms with Crippen LogP contribution in [0.15, 0.2) is 77.9 Å². The van der Waals surface area contributed by atoms with E-state index in [1.807, 2.05) is 37.3 Å². The molecule has 1 aromatic heterocycles. The Morgan fingerprint density at radius 2 is 1.76 bits per heavy atom. The molecule has 0 radical (unpaired) electrons. The maximum absolute atomic E-state index is 14.3. The molecule has 0 spiro atoms. The molecule has 2 N–H and O–H groups in total. The van der Waals surface area contributed by atoms with Crippen molar-refractivity contribution in [1.29, 1.82) is 0 Å². The van der Waals surface area contributed by atoms with Gasteiger partial charge >= 0.3 is 0 Å². The first-order valence-corrected chi connectivity index (χ1v) is 13.8. The third-order valence-corrected chi connectivity index (χ3v) is 8.95. The molecule has 0 saturated heterocycles. The van der Waals surface area contributed by atoms with Gasteiger partial charge in [0.1, 0.15) is 26.6 Å². The van der Waals surface area contributed by atoms with Crippen LogP contribution in [0, 0.1) is 18.6 Å². The van der Waals surface area contributed by atoms with Crippen LogP contribution >= 0.6 is 46.3 Å². The van der Waals surface area contributed by atoms with Crippen LogP contribution in [-0.2, 0) is 4.87 Å². The first-order chi connectivity index (χ1) is 17.8. The number of alkyl halides is 1. The summed E-state index contributed by atoms with van der Waals surface area (Å²) in [5.41, 5.74) is 8.46. The predicted octanol–water partition coefficient (Wildman–Crippen LogP) is 7.24. The molecule has 5 nitrogen and oxygen atoms in total. The van der Waals surface area contributed by atoms with E-state index in [2.05, 4.69) is 10.2 Å². The van der Waals surface area contributed by atoms with Gasteiger partial charge in [0.15, 0.2) is 0 Å². The molecule has 4 aromatic rings. The number of hydrogen-bond donors (Lipinski definition) is 1. The lowest BCUT2D eigenvalue weighted by Crippen LogP contribution is -2.41. The maximum Gasteiger partial charge on any atom is 0.230 e. The number of anilines is 1. The molecule has 11 heteroatoms. The largest absolute Gasteiger partial charge is 0.323 e. The molecule has 5 rings (SSSR count). The molecule has 0 aliphatic carbocycles. The number of halogens is 4. The van der Waals surface area contributed by atoms with E-state index in [1.54, 1.807) is 17.1 Å². The van der Waals surface area contributed by atoms with Gasteiger partial charge in [-0.3, -0.25) is 0 Å². The molecule has 190 valence electrons. The van der Waals surface area contributed by atoms with Crippen molar-refractivity contribution in [3.05, 3.63) is 111 Å². The summed E-state index contributed by atoms with van der Waals surface area (Å²) in [6.07, 6.45) is 0.291. The number of thioether (sulfide) groups is 1. The van der Waals surface area contributed by atoms with E-state index < -0.39 is 22.1 Å². The van der Waals surface area contributed by atoms with Gasteiger partial charge in [0.2, 0.25) is 5.13 Å². The molecule has 1 aliphatic heterocycles. The highest BCUT2D eigenvalue weighted by Crippen LogP contribution is 2.54. The molecule has 0 bridgehead atoms. The van der Waals surface area contributed by atoms with E-state index in [-0.39, 0.29) is 5.82 Å². The normalized spacial score (nSPS) is 19.1. The van der Waals surface area contributed by atoms with E-state index in [9.17, 15) is 8.78 Å². The topological polar surface area (TPSA) is 67.4 Å². The van der Waals surface area contributed by atoms with Gasteiger partial charge in [0.05, 0.1) is 10.4 Å². The summed E-state index contributed by atoms with van der Waals surface area (Å²) < 4.78 is 28.2. The summed E-state index contributed by atoms with van der Waals surface area (Å²) in [4.78, 5) is -0.921. The molecule has 0 amide bonds. The van der Waals surface area contributed by atoms with E-state index >= 15 is 0 Å². The molecule has 0 fully saturated rings. The third kappa shape index (κ3) is 5.24. The zero-order valence-electron chi connectivity index (χ0n) is 19.5. The summed E-state index contributed by atoms with van der Waals surface area (Å²) in [5, 5.41) is 16.7. The monoisotopic (exact) mass is 575 g/mol. The number of benzene rings is 3. The molecule has 37 heavy (non-hydrogen) atoms.